The van der Waals surface area contributed by atoms with Crippen LogP contribution in [-0.2, 0) is 20.7 Å². The smallest absolute Gasteiger partial charge is 0.312 e. The quantitative estimate of drug-likeness (QED) is 0.601. The lowest BCUT2D eigenvalue weighted by Gasteiger charge is -2.10. The second-order valence-electron chi connectivity index (χ2n) is 3.81. The molecule has 2 rings (SSSR count). The molecule has 1 aliphatic rings. The summed E-state index contributed by atoms with van der Waals surface area (Å²) in [6.07, 6.45) is 6.50. The Kier molecular flexibility index (Phi) is 3.95. The van der Waals surface area contributed by atoms with Crippen LogP contribution in [0, 0.1) is 12.3 Å². The highest BCUT2D eigenvalue weighted by molar-refractivity contribution is 7.14. The topological polar surface area (TPSA) is 59.5 Å². The Labute approximate surface area is 109 Å². The van der Waals surface area contributed by atoms with E-state index in [9.17, 15) is 9.59 Å². The van der Waals surface area contributed by atoms with Crippen LogP contribution in [0.15, 0.2) is 5.38 Å². The number of ether oxygens (including phenoxy) is 1. The number of rotatable bonds is 4. The van der Waals surface area contributed by atoms with Crippen LogP contribution < -0.4 is 4.90 Å². The van der Waals surface area contributed by atoms with Crippen molar-refractivity contribution in [2.75, 3.05) is 18.1 Å². The number of nitrogens with zero attached hydrogens (tertiary/aromatic N) is 2. The second kappa shape index (κ2) is 5.65. The van der Waals surface area contributed by atoms with Gasteiger partial charge >= 0.3 is 5.97 Å². The van der Waals surface area contributed by atoms with Gasteiger partial charge in [-0.05, 0) is 6.42 Å². The van der Waals surface area contributed by atoms with Crippen molar-refractivity contribution in [3.8, 4) is 12.3 Å². The number of carbonyl (C=O) groups is 2. The summed E-state index contributed by atoms with van der Waals surface area (Å²) in [5.74, 6) is 1.91. The van der Waals surface area contributed by atoms with E-state index in [0.29, 0.717) is 23.8 Å². The molecule has 94 valence electrons. The zero-order chi connectivity index (χ0) is 13.0. The molecule has 1 amide bonds. The van der Waals surface area contributed by atoms with Gasteiger partial charge in [0.25, 0.3) is 0 Å². The third-order valence-corrected chi connectivity index (χ3v) is 3.40. The molecule has 0 spiro atoms. The summed E-state index contributed by atoms with van der Waals surface area (Å²) in [5.41, 5.74) is 0.608. The Hall–Kier alpha value is -1.87. The van der Waals surface area contributed by atoms with E-state index in [0.717, 1.165) is 6.42 Å². The van der Waals surface area contributed by atoms with E-state index in [1.165, 1.54) is 11.3 Å². The Bertz CT molecular complexity index is 504. The minimum atomic E-state index is -0.405. The van der Waals surface area contributed by atoms with Gasteiger partial charge in [0.2, 0.25) is 5.91 Å². The molecule has 0 saturated carbocycles. The molecule has 1 aromatic rings. The lowest BCUT2D eigenvalue weighted by Crippen LogP contribution is -2.23. The molecular formula is C12H12N2O3S. The molecule has 0 aliphatic carbocycles. The molecule has 0 unspecified atom stereocenters. The predicted molar refractivity (Wildman–Crippen MR) is 67.2 cm³/mol. The molecule has 1 aromatic heterocycles. The molecular weight excluding hydrogens is 252 g/mol. The molecule has 0 bridgehead atoms. The van der Waals surface area contributed by atoms with Crippen LogP contribution >= 0.6 is 11.3 Å². The fraction of sp³-hybridized carbons (Fsp3) is 0.417. The van der Waals surface area contributed by atoms with Gasteiger partial charge in [0.05, 0.1) is 12.1 Å². The Balaban J connectivity index is 1.96. The van der Waals surface area contributed by atoms with Crippen molar-refractivity contribution < 1.29 is 14.3 Å². The van der Waals surface area contributed by atoms with E-state index in [4.69, 9.17) is 11.2 Å². The summed E-state index contributed by atoms with van der Waals surface area (Å²) in [6.45, 7) is 0.674. The molecule has 1 aliphatic heterocycles. The van der Waals surface area contributed by atoms with Crippen molar-refractivity contribution in [3.63, 3.8) is 0 Å². The molecule has 0 aromatic carbocycles. The number of amides is 1. The monoisotopic (exact) mass is 264 g/mol. The normalized spacial score (nSPS) is 14.6. The van der Waals surface area contributed by atoms with Gasteiger partial charge in [-0.15, -0.1) is 17.8 Å². The van der Waals surface area contributed by atoms with Crippen molar-refractivity contribution in [2.24, 2.45) is 0 Å². The van der Waals surface area contributed by atoms with E-state index in [2.05, 4.69) is 10.9 Å². The first-order valence-electron chi connectivity index (χ1n) is 5.54. The van der Waals surface area contributed by atoms with Crippen molar-refractivity contribution in [3.05, 3.63) is 11.1 Å². The van der Waals surface area contributed by atoms with Gasteiger partial charge in [0, 0.05) is 18.3 Å². The number of anilines is 1. The summed E-state index contributed by atoms with van der Waals surface area (Å²) < 4.78 is 4.76. The lowest BCUT2D eigenvalue weighted by atomic mass is 10.3. The lowest BCUT2D eigenvalue weighted by molar-refractivity contribution is -0.141. The zero-order valence-electron chi connectivity index (χ0n) is 9.72. The summed E-state index contributed by atoms with van der Waals surface area (Å²) in [7, 11) is 0. The van der Waals surface area contributed by atoms with Crippen LogP contribution in [0.3, 0.4) is 0 Å². The molecule has 0 N–H and O–H groups in total. The molecule has 0 radical (unpaired) electrons. The maximum absolute atomic E-state index is 11.5. The van der Waals surface area contributed by atoms with Crippen molar-refractivity contribution in [2.45, 2.75) is 19.3 Å². The maximum atomic E-state index is 11.5. The van der Waals surface area contributed by atoms with E-state index >= 15 is 0 Å². The van der Waals surface area contributed by atoms with Crippen LogP contribution in [0.5, 0.6) is 0 Å². The predicted octanol–water partition coefficient (Wildman–Crippen LogP) is 0.989. The van der Waals surface area contributed by atoms with Crippen molar-refractivity contribution in [1.82, 2.24) is 4.98 Å². The van der Waals surface area contributed by atoms with Gasteiger partial charge in [-0.1, -0.05) is 5.92 Å². The highest BCUT2D eigenvalue weighted by Crippen LogP contribution is 2.25. The number of terminal acetylenes is 1. The standard InChI is InChI=1S/C12H12N2O3S/c1-2-6-17-11(16)7-9-8-18-12(13-9)14-5-3-4-10(14)15/h1,8H,3-7H2. The zero-order valence-corrected chi connectivity index (χ0v) is 10.5. The van der Waals surface area contributed by atoms with Gasteiger partial charge < -0.3 is 4.74 Å². The molecule has 6 heteroatoms. The summed E-state index contributed by atoms with van der Waals surface area (Å²) in [5, 5.41) is 2.41. The number of hydrogen-bond donors (Lipinski definition) is 0. The van der Waals surface area contributed by atoms with E-state index in [-0.39, 0.29) is 18.9 Å². The number of thiazole rings is 1. The van der Waals surface area contributed by atoms with Crippen molar-refractivity contribution >= 4 is 28.3 Å². The van der Waals surface area contributed by atoms with Gasteiger partial charge in [-0.2, -0.15) is 0 Å². The highest BCUT2D eigenvalue weighted by atomic mass is 32.1. The van der Waals surface area contributed by atoms with Gasteiger partial charge in [-0.25, -0.2) is 4.98 Å². The van der Waals surface area contributed by atoms with Crippen molar-refractivity contribution in [1.29, 1.82) is 0 Å². The number of esters is 1. The first-order valence-corrected chi connectivity index (χ1v) is 6.42. The fourth-order valence-electron chi connectivity index (χ4n) is 1.67. The first kappa shape index (κ1) is 12.6. The van der Waals surface area contributed by atoms with Gasteiger partial charge in [0.15, 0.2) is 11.7 Å². The van der Waals surface area contributed by atoms with Gasteiger partial charge in [0.1, 0.15) is 0 Å². The van der Waals surface area contributed by atoms with E-state index in [1.54, 1.807) is 10.3 Å². The van der Waals surface area contributed by atoms with Crippen LogP contribution in [0.2, 0.25) is 0 Å². The molecule has 2 heterocycles. The maximum Gasteiger partial charge on any atom is 0.312 e. The Morgan fingerprint density at radius 1 is 1.67 bits per heavy atom. The SMILES string of the molecule is C#CCOC(=O)Cc1csc(N2CCCC2=O)n1. The van der Waals surface area contributed by atoms with Crippen LogP contribution in [0.1, 0.15) is 18.5 Å². The first-order chi connectivity index (χ1) is 8.70. The summed E-state index contributed by atoms with van der Waals surface area (Å²) in [4.78, 5) is 28.8. The third kappa shape index (κ3) is 2.87. The third-order valence-electron chi connectivity index (χ3n) is 2.49. The average molecular weight is 264 g/mol. The number of hydrogen-bond acceptors (Lipinski definition) is 5. The fourth-order valence-corrected chi connectivity index (χ4v) is 2.54. The van der Waals surface area contributed by atoms with E-state index < -0.39 is 5.97 Å². The molecule has 1 saturated heterocycles. The number of aromatic nitrogens is 1. The molecule has 5 nitrogen and oxygen atoms in total. The highest BCUT2D eigenvalue weighted by Gasteiger charge is 2.24. The van der Waals surface area contributed by atoms with Crippen LogP contribution in [0.4, 0.5) is 5.13 Å². The minimum absolute atomic E-state index is 0.0273. The molecule has 1 fully saturated rings. The van der Waals surface area contributed by atoms with Gasteiger partial charge in [-0.3, -0.25) is 14.5 Å². The minimum Gasteiger partial charge on any atom is -0.452 e. The summed E-state index contributed by atoms with van der Waals surface area (Å²) >= 11 is 1.36. The van der Waals surface area contributed by atoms with E-state index in [1.807, 2.05) is 0 Å². The molecule has 0 atom stereocenters. The average Bonchev–Trinajstić information content (AvgIpc) is 2.95. The Morgan fingerprint density at radius 2 is 2.50 bits per heavy atom. The second-order valence-corrected chi connectivity index (χ2v) is 4.65. The Morgan fingerprint density at radius 3 is 3.17 bits per heavy atom. The largest absolute Gasteiger partial charge is 0.452 e. The van der Waals surface area contributed by atoms with Crippen LogP contribution in [0.25, 0.3) is 0 Å². The number of carbonyl (C=O) groups excluding carboxylic acids is 2. The molecule has 18 heavy (non-hydrogen) atoms. The van der Waals surface area contributed by atoms with Crippen LogP contribution in [-0.4, -0.2) is 30.0 Å². The summed E-state index contributed by atoms with van der Waals surface area (Å²) in [6, 6.07) is 0.